The average Bonchev–Trinajstić information content (AvgIpc) is 2.73. The summed E-state index contributed by atoms with van der Waals surface area (Å²) in [5.74, 6) is -0.192. The lowest BCUT2D eigenvalue weighted by Crippen LogP contribution is -2.28. The molecule has 4 heteroatoms. The first-order valence-corrected chi connectivity index (χ1v) is 6.34. The Balaban J connectivity index is 1.93. The van der Waals surface area contributed by atoms with Crippen LogP contribution < -0.4 is 5.32 Å². The van der Waals surface area contributed by atoms with Gasteiger partial charge in [0, 0.05) is 25.2 Å². The summed E-state index contributed by atoms with van der Waals surface area (Å²) in [4.78, 5) is 25.5. The monoisotopic (exact) mass is 246 g/mol. The average molecular weight is 246 g/mol. The van der Waals surface area contributed by atoms with Gasteiger partial charge >= 0.3 is 0 Å². The Morgan fingerprint density at radius 2 is 2.11 bits per heavy atom. The molecular weight excluding hydrogens is 228 g/mol. The van der Waals surface area contributed by atoms with Gasteiger partial charge in [-0.25, -0.2) is 0 Å². The summed E-state index contributed by atoms with van der Waals surface area (Å²) < 4.78 is 0. The highest BCUT2D eigenvalue weighted by Crippen LogP contribution is 2.19. The number of benzene rings is 1. The first-order valence-electron chi connectivity index (χ1n) is 6.34. The molecule has 1 atom stereocenters. The lowest BCUT2D eigenvalue weighted by atomic mass is 10.1. The zero-order valence-corrected chi connectivity index (χ0v) is 10.6. The molecule has 1 heterocycles. The smallest absolute Gasteiger partial charge is 0.229 e. The fourth-order valence-electron chi connectivity index (χ4n) is 2.20. The summed E-state index contributed by atoms with van der Waals surface area (Å²) in [5, 5.41) is 2.85. The van der Waals surface area contributed by atoms with Crippen LogP contribution in [0.5, 0.6) is 0 Å². The number of para-hydroxylation sites is 1. The molecule has 1 aliphatic heterocycles. The van der Waals surface area contributed by atoms with E-state index >= 15 is 0 Å². The Morgan fingerprint density at radius 3 is 2.78 bits per heavy atom. The molecule has 96 valence electrons. The van der Waals surface area contributed by atoms with Crippen molar-refractivity contribution in [1.29, 1.82) is 0 Å². The summed E-state index contributed by atoms with van der Waals surface area (Å²) >= 11 is 0. The van der Waals surface area contributed by atoms with Crippen molar-refractivity contribution in [3.8, 4) is 0 Å². The van der Waals surface area contributed by atoms with Crippen LogP contribution in [0.2, 0.25) is 0 Å². The van der Waals surface area contributed by atoms with Crippen molar-refractivity contribution >= 4 is 17.5 Å². The van der Waals surface area contributed by atoms with Crippen molar-refractivity contribution in [2.75, 3.05) is 18.4 Å². The molecule has 1 fully saturated rings. The van der Waals surface area contributed by atoms with Crippen LogP contribution in [-0.2, 0) is 9.59 Å². The Bertz CT molecular complexity index is 431. The number of anilines is 1. The molecule has 0 spiro atoms. The first kappa shape index (κ1) is 12.6. The third-order valence-corrected chi connectivity index (χ3v) is 3.12. The van der Waals surface area contributed by atoms with E-state index in [9.17, 15) is 9.59 Å². The van der Waals surface area contributed by atoms with E-state index in [1.807, 2.05) is 37.3 Å². The van der Waals surface area contributed by atoms with Crippen molar-refractivity contribution < 1.29 is 9.59 Å². The minimum Gasteiger partial charge on any atom is -0.342 e. The predicted molar refractivity (Wildman–Crippen MR) is 70.0 cm³/mol. The SMILES string of the molecule is CCCN1CC(C(=O)Nc2ccccc2)CC1=O. The Labute approximate surface area is 107 Å². The van der Waals surface area contributed by atoms with Gasteiger partial charge < -0.3 is 10.2 Å². The normalized spacial score (nSPS) is 19.1. The van der Waals surface area contributed by atoms with Gasteiger partial charge in [0.05, 0.1) is 5.92 Å². The van der Waals surface area contributed by atoms with Gasteiger partial charge in [0.2, 0.25) is 11.8 Å². The topological polar surface area (TPSA) is 49.4 Å². The number of carbonyl (C=O) groups is 2. The number of likely N-dealkylation sites (tertiary alicyclic amines) is 1. The summed E-state index contributed by atoms with van der Waals surface area (Å²) in [6.07, 6.45) is 1.26. The minimum atomic E-state index is -0.218. The molecule has 1 unspecified atom stereocenters. The quantitative estimate of drug-likeness (QED) is 0.882. The van der Waals surface area contributed by atoms with E-state index in [0.717, 1.165) is 18.7 Å². The Hall–Kier alpha value is -1.84. The van der Waals surface area contributed by atoms with Crippen LogP contribution in [0.1, 0.15) is 19.8 Å². The molecule has 1 saturated heterocycles. The zero-order valence-electron chi connectivity index (χ0n) is 10.6. The highest BCUT2D eigenvalue weighted by molar-refractivity contribution is 5.97. The van der Waals surface area contributed by atoms with Crippen molar-refractivity contribution in [3.63, 3.8) is 0 Å². The molecule has 0 aliphatic carbocycles. The van der Waals surface area contributed by atoms with E-state index in [1.165, 1.54) is 0 Å². The van der Waals surface area contributed by atoms with Crippen LogP contribution in [0, 0.1) is 5.92 Å². The summed E-state index contributed by atoms with van der Waals surface area (Å²) in [7, 11) is 0. The predicted octanol–water partition coefficient (Wildman–Crippen LogP) is 1.88. The van der Waals surface area contributed by atoms with E-state index < -0.39 is 0 Å². The summed E-state index contributed by atoms with van der Waals surface area (Å²) in [6.45, 7) is 3.32. The molecule has 4 nitrogen and oxygen atoms in total. The minimum absolute atomic E-state index is 0.0619. The number of nitrogens with one attached hydrogen (secondary N) is 1. The lowest BCUT2D eigenvalue weighted by Gasteiger charge is -2.15. The molecule has 1 aromatic rings. The number of amides is 2. The van der Waals surface area contributed by atoms with E-state index in [-0.39, 0.29) is 17.7 Å². The number of carbonyl (C=O) groups excluding carboxylic acids is 2. The van der Waals surface area contributed by atoms with Gasteiger partial charge in [-0.3, -0.25) is 9.59 Å². The molecule has 1 aromatic carbocycles. The zero-order chi connectivity index (χ0) is 13.0. The summed E-state index contributed by atoms with van der Waals surface area (Å²) in [6, 6.07) is 9.34. The van der Waals surface area contributed by atoms with Gasteiger partial charge in [-0.2, -0.15) is 0 Å². The van der Waals surface area contributed by atoms with Gasteiger partial charge in [-0.15, -0.1) is 0 Å². The highest BCUT2D eigenvalue weighted by Gasteiger charge is 2.33. The number of hydrogen-bond donors (Lipinski definition) is 1. The molecule has 0 aromatic heterocycles. The third kappa shape index (κ3) is 2.88. The maximum absolute atomic E-state index is 12.0. The number of nitrogens with zero attached hydrogens (tertiary/aromatic N) is 1. The standard InChI is InChI=1S/C14H18N2O2/c1-2-8-16-10-11(9-13(16)17)14(18)15-12-6-4-3-5-7-12/h3-7,11H,2,8-10H2,1H3,(H,15,18). The second kappa shape index (κ2) is 5.67. The lowest BCUT2D eigenvalue weighted by molar-refractivity contribution is -0.128. The molecule has 0 bridgehead atoms. The molecule has 2 amide bonds. The molecule has 1 aliphatic rings. The molecule has 18 heavy (non-hydrogen) atoms. The van der Waals surface area contributed by atoms with Crippen LogP contribution in [0.25, 0.3) is 0 Å². The van der Waals surface area contributed by atoms with Gasteiger partial charge in [-0.1, -0.05) is 25.1 Å². The van der Waals surface area contributed by atoms with Crippen LogP contribution in [0.4, 0.5) is 5.69 Å². The second-order valence-electron chi connectivity index (χ2n) is 4.60. The van der Waals surface area contributed by atoms with Gasteiger partial charge in [-0.05, 0) is 18.6 Å². The van der Waals surface area contributed by atoms with Crippen molar-refractivity contribution in [3.05, 3.63) is 30.3 Å². The maximum atomic E-state index is 12.0. The third-order valence-electron chi connectivity index (χ3n) is 3.12. The van der Waals surface area contributed by atoms with Crippen molar-refractivity contribution in [2.24, 2.45) is 5.92 Å². The Kier molecular flexibility index (Phi) is 3.97. The summed E-state index contributed by atoms with van der Waals surface area (Å²) in [5.41, 5.74) is 0.781. The van der Waals surface area contributed by atoms with Crippen LogP contribution in [0.3, 0.4) is 0 Å². The van der Waals surface area contributed by atoms with Crippen LogP contribution in [-0.4, -0.2) is 29.8 Å². The van der Waals surface area contributed by atoms with Crippen LogP contribution >= 0.6 is 0 Å². The van der Waals surface area contributed by atoms with E-state index in [2.05, 4.69) is 5.32 Å². The molecule has 2 rings (SSSR count). The molecule has 1 N–H and O–H groups in total. The van der Waals surface area contributed by atoms with E-state index in [1.54, 1.807) is 4.90 Å². The van der Waals surface area contributed by atoms with Crippen molar-refractivity contribution in [2.45, 2.75) is 19.8 Å². The first-order chi connectivity index (χ1) is 8.70. The molecular formula is C14H18N2O2. The van der Waals surface area contributed by atoms with E-state index in [0.29, 0.717) is 13.0 Å². The van der Waals surface area contributed by atoms with Crippen LogP contribution in [0.15, 0.2) is 30.3 Å². The Morgan fingerprint density at radius 1 is 1.39 bits per heavy atom. The largest absolute Gasteiger partial charge is 0.342 e. The number of rotatable bonds is 4. The fraction of sp³-hybridized carbons (Fsp3) is 0.429. The highest BCUT2D eigenvalue weighted by atomic mass is 16.2. The number of hydrogen-bond acceptors (Lipinski definition) is 2. The molecule has 0 saturated carbocycles. The second-order valence-corrected chi connectivity index (χ2v) is 4.60. The fourth-order valence-corrected chi connectivity index (χ4v) is 2.20. The molecule has 0 radical (unpaired) electrons. The maximum Gasteiger partial charge on any atom is 0.229 e. The van der Waals surface area contributed by atoms with Gasteiger partial charge in [0.25, 0.3) is 0 Å². The van der Waals surface area contributed by atoms with Gasteiger partial charge in [0.1, 0.15) is 0 Å². The van der Waals surface area contributed by atoms with Gasteiger partial charge in [0.15, 0.2) is 0 Å². The van der Waals surface area contributed by atoms with E-state index in [4.69, 9.17) is 0 Å². The van der Waals surface area contributed by atoms with Crippen molar-refractivity contribution in [1.82, 2.24) is 4.90 Å².